The van der Waals surface area contributed by atoms with Crippen LogP contribution in [-0.2, 0) is 0 Å². The Morgan fingerprint density at radius 2 is 1.76 bits per heavy atom. The van der Waals surface area contributed by atoms with Crippen molar-refractivity contribution in [2.45, 2.75) is 38.7 Å². The van der Waals surface area contributed by atoms with Gasteiger partial charge in [0.2, 0.25) is 0 Å². The molecule has 1 N–H and O–H groups in total. The number of carbonyl (C=O) groups excluding carboxylic acids is 1. The number of aliphatic hydroxyl groups is 1. The SMILES string of the molecule is COc1ccc(C(=O)N2CCCC(O)(COc3cc(C)c(Cl)c(C)c3)CC2)cc1. The molecule has 1 amide bonds. The third-order valence-corrected chi connectivity index (χ3v) is 6.06. The first-order valence-electron chi connectivity index (χ1n) is 9.86. The maximum Gasteiger partial charge on any atom is 0.253 e. The molecule has 0 aliphatic carbocycles. The van der Waals surface area contributed by atoms with Gasteiger partial charge in [-0.3, -0.25) is 4.79 Å². The first kappa shape index (κ1) is 21.5. The molecule has 156 valence electrons. The average molecular weight is 418 g/mol. The van der Waals surface area contributed by atoms with Gasteiger partial charge in [0.15, 0.2) is 0 Å². The van der Waals surface area contributed by atoms with E-state index in [1.54, 1.807) is 36.3 Å². The molecule has 1 saturated heterocycles. The van der Waals surface area contributed by atoms with Crippen LogP contribution in [-0.4, -0.2) is 48.3 Å². The minimum absolute atomic E-state index is 0.0261. The fourth-order valence-corrected chi connectivity index (χ4v) is 3.76. The predicted molar refractivity (Wildman–Crippen MR) is 114 cm³/mol. The number of halogens is 1. The van der Waals surface area contributed by atoms with Crippen LogP contribution < -0.4 is 9.47 Å². The Bertz CT molecular complexity index is 845. The van der Waals surface area contributed by atoms with Crippen molar-refractivity contribution in [2.75, 3.05) is 26.8 Å². The highest BCUT2D eigenvalue weighted by atomic mass is 35.5. The summed E-state index contributed by atoms with van der Waals surface area (Å²) >= 11 is 6.21. The lowest BCUT2D eigenvalue weighted by Gasteiger charge is -2.27. The van der Waals surface area contributed by atoms with Crippen molar-refractivity contribution >= 4 is 17.5 Å². The summed E-state index contributed by atoms with van der Waals surface area (Å²) in [6, 6.07) is 10.9. The van der Waals surface area contributed by atoms with Gasteiger partial charge in [-0.2, -0.15) is 0 Å². The lowest BCUT2D eigenvalue weighted by molar-refractivity contribution is -0.0163. The van der Waals surface area contributed by atoms with Crippen LogP contribution in [0.25, 0.3) is 0 Å². The quantitative estimate of drug-likeness (QED) is 0.783. The predicted octanol–water partition coefficient (Wildman–Crippen LogP) is 4.40. The normalized spacial score (nSPS) is 19.6. The Hall–Kier alpha value is -2.24. The van der Waals surface area contributed by atoms with Crippen LogP contribution in [0.1, 0.15) is 40.7 Å². The van der Waals surface area contributed by atoms with Gasteiger partial charge < -0.3 is 19.5 Å². The van der Waals surface area contributed by atoms with Gasteiger partial charge >= 0.3 is 0 Å². The van der Waals surface area contributed by atoms with Gasteiger partial charge in [0.05, 0.1) is 7.11 Å². The number of benzene rings is 2. The molecule has 0 saturated carbocycles. The molecule has 6 heteroatoms. The van der Waals surface area contributed by atoms with E-state index in [0.29, 0.717) is 37.2 Å². The maximum atomic E-state index is 12.8. The summed E-state index contributed by atoms with van der Waals surface area (Å²) in [6.45, 7) is 5.17. The third-order valence-electron chi connectivity index (χ3n) is 5.46. The molecule has 0 aromatic heterocycles. The van der Waals surface area contributed by atoms with Gasteiger partial charge in [-0.15, -0.1) is 0 Å². The molecule has 1 aliphatic rings. The van der Waals surface area contributed by atoms with Gasteiger partial charge in [-0.1, -0.05) is 11.6 Å². The second kappa shape index (κ2) is 9.06. The highest BCUT2D eigenvalue weighted by Crippen LogP contribution is 2.29. The summed E-state index contributed by atoms with van der Waals surface area (Å²) in [4.78, 5) is 14.6. The van der Waals surface area contributed by atoms with E-state index < -0.39 is 5.60 Å². The van der Waals surface area contributed by atoms with Crippen LogP contribution >= 0.6 is 11.6 Å². The second-order valence-corrected chi connectivity index (χ2v) is 8.14. The average Bonchev–Trinajstić information content (AvgIpc) is 2.92. The van der Waals surface area contributed by atoms with Crippen LogP contribution in [0, 0.1) is 13.8 Å². The molecule has 0 bridgehead atoms. The molecular formula is C23H28ClNO4. The van der Waals surface area contributed by atoms with E-state index in [1.165, 1.54) is 0 Å². The minimum Gasteiger partial charge on any atom is -0.497 e. The van der Waals surface area contributed by atoms with Crippen molar-refractivity contribution in [1.82, 2.24) is 4.90 Å². The summed E-state index contributed by atoms with van der Waals surface area (Å²) in [7, 11) is 1.60. The van der Waals surface area contributed by atoms with Gasteiger partial charge in [0, 0.05) is 23.7 Å². The monoisotopic (exact) mass is 417 g/mol. The fourth-order valence-electron chi connectivity index (χ4n) is 3.65. The zero-order valence-electron chi connectivity index (χ0n) is 17.2. The molecule has 1 unspecified atom stereocenters. The van der Waals surface area contributed by atoms with Crippen LogP contribution in [0.4, 0.5) is 0 Å². The molecule has 1 fully saturated rings. The number of methoxy groups -OCH3 is 1. The van der Waals surface area contributed by atoms with Gasteiger partial charge in [-0.25, -0.2) is 0 Å². The van der Waals surface area contributed by atoms with Gasteiger partial charge in [-0.05, 0) is 80.6 Å². The van der Waals surface area contributed by atoms with Gasteiger partial charge in [0.25, 0.3) is 5.91 Å². The number of hydrogen-bond donors (Lipinski definition) is 1. The largest absolute Gasteiger partial charge is 0.497 e. The summed E-state index contributed by atoms with van der Waals surface area (Å²) in [6.07, 6.45) is 1.78. The lowest BCUT2D eigenvalue weighted by Crippen LogP contribution is -2.38. The van der Waals surface area contributed by atoms with Gasteiger partial charge in [0.1, 0.15) is 23.7 Å². The highest BCUT2D eigenvalue weighted by Gasteiger charge is 2.32. The van der Waals surface area contributed by atoms with Crippen molar-refractivity contribution in [3.05, 3.63) is 58.1 Å². The summed E-state index contributed by atoms with van der Waals surface area (Å²) in [5, 5.41) is 11.8. The topological polar surface area (TPSA) is 59.0 Å². The van der Waals surface area contributed by atoms with E-state index in [9.17, 15) is 9.90 Å². The van der Waals surface area contributed by atoms with E-state index in [1.807, 2.05) is 26.0 Å². The number of likely N-dealkylation sites (tertiary alicyclic amines) is 1. The van der Waals surface area contributed by atoms with Crippen molar-refractivity contribution < 1.29 is 19.4 Å². The Kier molecular flexibility index (Phi) is 6.70. The van der Waals surface area contributed by atoms with Crippen LogP contribution in [0.5, 0.6) is 11.5 Å². The summed E-state index contributed by atoms with van der Waals surface area (Å²) in [5.74, 6) is 1.40. The van der Waals surface area contributed by atoms with Crippen molar-refractivity contribution in [2.24, 2.45) is 0 Å². The van der Waals surface area contributed by atoms with E-state index in [0.717, 1.165) is 28.3 Å². The van der Waals surface area contributed by atoms with E-state index >= 15 is 0 Å². The Labute approximate surface area is 177 Å². The zero-order chi connectivity index (χ0) is 21.0. The molecular weight excluding hydrogens is 390 g/mol. The second-order valence-electron chi connectivity index (χ2n) is 7.76. The molecule has 1 heterocycles. The highest BCUT2D eigenvalue weighted by molar-refractivity contribution is 6.32. The standard InChI is InChI=1S/C23H28ClNO4/c1-16-13-20(14-17(2)21(16)24)29-15-23(27)9-4-11-25(12-10-23)22(26)18-5-7-19(28-3)8-6-18/h5-8,13-14,27H,4,9-12,15H2,1-3H3. The van der Waals surface area contributed by atoms with E-state index in [2.05, 4.69) is 0 Å². The number of aryl methyl sites for hydroxylation is 2. The van der Waals surface area contributed by atoms with Crippen molar-refractivity contribution in [1.29, 1.82) is 0 Å². The number of ether oxygens (including phenoxy) is 2. The van der Waals surface area contributed by atoms with Crippen LogP contribution in [0.2, 0.25) is 5.02 Å². The fraction of sp³-hybridized carbons (Fsp3) is 0.435. The number of hydrogen-bond acceptors (Lipinski definition) is 4. The number of rotatable bonds is 5. The lowest BCUT2D eigenvalue weighted by atomic mass is 9.96. The van der Waals surface area contributed by atoms with E-state index in [4.69, 9.17) is 21.1 Å². The third kappa shape index (κ3) is 5.22. The molecule has 0 spiro atoms. The Morgan fingerprint density at radius 3 is 2.38 bits per heavy atom. The number of amides is 1. The molecule has 3 rings (SSSR count). The molecule has 1 atom stereocenters. The molecule has 5 nitrogen and oxygen atoms in total. The van der Waals surface area contributed by atoms with Crippen LogP contribution in [0.15, 0.2) is 36.4 Å². The van der Waals surface area contributed by atoms with Crippen molar-refractivity contribution in [3.63, 3.8) is 0 Å². The Balaban J connectivity index is 1.61. The number of nitrogens with zero attached hydrogens (tertiary/aromatic N) is 1. The molecule has 29 heavy (non-hydrogen) atoms. The number of carbonyl (C=O) groups is 1. The zero-order valence-corrected chi connectivity index (χ0v) is 18.0. The maximum absolute atomic E-state index is 12.8. The minimum atomic E-state index is -0.962. The summed E-state index contributed by atoms with van der Waals surface area (Å²) in [5.41, 5.74) is 1.56. The molecule has 2 aromatic rings. The molecule has 0 radical (unpaired) electrons. The first-order valence-corrected chi connectivity index (χ1v) is 10.2. The van der Waals surface area contributed by atoms with Crippen molar-refractivity contribution in [3.8, 4) is 11.5 Å². The smallest absolute Gasteiger partial charge is 0.253 e. The van der Waals surface area contributed by atoms with Crippen LogP contribution in [0.3, 0.4) is 0 Å². The summed E-state index contributed by atoms with van der Waals surface area (Å²) < 4.78 is 11.0. The molecule has 2 aromatic carbocycles. The first-order chi connectivity index (χ1) is 13.8. The van der Waals surface area contributed by atoms with E-state index in [-0.39, 0.29) is 12.5 Å². The molecule has 1 aliphatic heterocycles. The Morgan fingerprint density at radius 1 is 1.10 bits per heavy atom.